The van der Waals surface area contributed by atoms with Crippen molar-refractivity contribution in [1.82, 2.24) is 10.3 Å². The molecule has 0 unspecified atom stereocenters. The summed E-state index contributed by atoms with van der Waals surface area (Å²) in [7, 11) is 1.41. The van der Waals surface area contributed by atoms with Crippen LogP contribution in [-0.2, 0) is 4.79 Å². The van der Waals surface area contributed by atoms with Gasteiger partial charge in [-0.1, -0.05) is 0 Å². The highest BCUT2D eigenvalue weighted by Gasteiger charge is 2.12. The van der Waals surface area contributed by atoms with Gasteiger partial charge in [0.05, 0.1) is 18.9 Å². The topological polar surface area (TPSA) is 88.5 Å². The zero-order chi connectivity index (χ0) is 11.3. The van der Waals surface area contributed by atoms with Gasteiger partial charge in [0.2, 0.25) is 0 Å². The zero-order valence-electron chi connectivity index (χ0n) is 8.06. The van der Waals surface area contributed by atoms with Gasteiger partial charge in [0, 0.05) is 6.20 Å². The third-order valence-corrected chi connectivity index (χ3v) is 1.65. The lowest BCUT2D eigenvalue weighted by Crippen LogP contribution is -2.29. The number of carboxylic acids is 1. The summed E-state index contributed by atoms with van der Waals surface area (Å²) in [6, 6.07) is 1.45. The van der Waals surface area contributed by atoms with Crippen LogP contribution in [0.15, 0.2) is 18.5 Å². The number of carboxylic acid groups (broad SMARTS) is 1. The maximum atomic E-state index is 11.4. The van der Waals surface area contributed by atoms with Crippen LogP contribution in [0.3, 0.4) is 0 Å². The van der Waals surface area contributed by atoms with Crippen LogP contribution in [0.25, 0.3) is 0 Å². The SMILES string of the molecule is COc1cnccc1C(=O)NCC(=O)O. The average molecular weight is 210 g/mol. The Bertz CT molecular complexity index is 378. The Kier molecular flexibility index (Phi) is 3.61. The Morgan fingerprint density at radius 2 is 2.33 bits per heavy atom. The fourth-order valence-electron chi connectivity index (χ4n) is 0.981. The highest BCUT2D eigenvalue weighted by atomic mass is 16.5. The standard InChI is InChI=1S/C9H10N2O4/c1-15-7-4-10-3-2-6(7)9(14)11-5-8(12)13/h2-4H,5H2,1H3,(H,11,14)(H,12,13). The number of hydrogen-bond donors (Lipinski definition) is 2. The minimum Gasteiger partial charge on any atom is -0.494 e. The summed E-state index contributed by atoms with van der Waals surface area (Å²) < 4.78 is 4.90. The van der Waals surface area contributed by atoms with Crippen molar-refractivity contribution >= 4 is 11.9 Å². The molecular weight excluding hydrogens is 200 g/mol. The highest BCUT2D eigenvalue weighted by molar-refractivity contribution is 5.98. The summed E-state index contributed by atoms with van der Waals surface area (Å²) in [5, 5.41) is 10.6. The van der Waals surface area contributed by atoms with E-state index in [1.807, 2.05) is 0 Å². The van der Waals surface area contributed by atoms with Crippen LogP contribution in [0.2, 0.25) is 0 Å². The zero-order valence-corrected chi connectivity index (χ0v) is 8.06. The number of aromatic nitrogens is 1. The van der Waals surface area contributed by atoms with E-state index in [1.165, 1.54) is 25.6 Å². The minimum absolute atomic E-state index is 0.258. The fourth-order valence-corrected chi connectivity index (χ4v) is 0.981. The Labute approximate surface area is 85.9 Å². The number of rotatable bonds is 4. The van der Waals surface area contributed by atoms with Crippen molar-refractivity contribution in [3.63, 3.8) is 0 Å². The minimum atomic E-state index is -1.10. The van der Waals surface area contributed by atoms with Crippen LogP contribution in [0.5, 0.6) is 5.75 Å². The molecule has 0 saturated carbocycles. The molecule has 1 amide bonds. The van der Waals surface area contributed by atoms with Crippen molar-refractivity contribution in [2.24, 2.45) is 0 Å². The molecule has 0 saturated heterocycles. The first-order valence-electron chi connectivity index (χ1n) is 4.13. The van der Waals surface area contributed by atoms with Gasteiger partial charge in [-0.3, -0.25) is 14.6 Å². The second-order valence-electron chi connectivity index (χ2n) is 2.65. The maximum absolute atomic E-state index is 11.4. The summed E-state index contributed by atoms with van der Waals surface area (Å²) in [6.07, 6.45) is 2.81. The predicted molar refractivity (Wildman–Crippen MR) is 50.8 cm³/mol. The number of ether oxygens (including phenoxy) is 1. The van der Waals surface area contributed by atoms with Gasteiger partial charge in [0.15, 0.2) is 0 Å². The lowest BCUT2D eigenvalue weighted by Gasteiger charge is -2.06. The fraction of sp³-hybridized carbons (Fsp3) is 0.222. The molecule has 0 radical (unpaired) electrons. The van der Waals surface area contributed by atoms with Crippen LogP contribution < -0.4 is 10.1 Å². The largest absolute Gasteiger partial charge is 0.494 e. The van der Waals surface area contributed by atoms with Crippen molar-refractivity contribution in [2.45, 2.75) is 0 Å². The molecule has 0 fully saturated rings. The molecule has 0 spiro atoms. The Hall–Kier alpha value is -2.11. The van der Waals surface area contributed by atoms with Gasteiger partial charge in [0.1, 0.15) is 12.3 Å². The molecule has 0 aliphatic carbocycles. The van der Waals surface area contributed by atoms with E-state index in [0.29, 0.717) is 5.75 Å². The number of hydrogen-bond acceptors (Lipinski definition) is 4. The molecule has 15 heavy (non-hydrogen) atoms. The Morgan fingerprint density at radius 1 is 1.60 bits per heavy atom. The molecule has 0 aliphatic rings. The van der Waals surface area contributed by atoms with Crippen LogP contribution in [0, 0.1) is 0 Å². The van der Waals surface area contributed by atoms with Gasteiger partial charge in [-0.25, -0.2) is 0 Å². The first-order valence-corrected chi connectivity index (χ1v) is 4.13. The van der Waals surface area contributed by atoms with E-state index in [4.69, 9.17) is 9.84 Å². The van der Waals surface area contributed by atoms with Gasteiger partial charge in [-0.15, -0.1) is 0 Å². The van der Waals surface area contributed by atoms with E-state index in [-0.39, 0.29) is 5.56 Å². The van der Waals surface area contributed by atoms with Crippen molar-refractivity contribution in [3.05, 3.63) is 24.0 Å². The number of nitrogens with zero attached hydrogens (tertiary/aromatic N) is 1. The molecule has 0 aromatic carbocycles. The summed E-state index contributed by atoms with van der Waals surface area (Å²) >= 11 is 0. The van der Waals surface area contributed by atoms with Crippen molar-refractivity contribution in [3.8, 4) is 5.75 Å². The summed E-state index contributed by atoms with van der Waals surface area (Å²) in [5.41, 5.74) is 0.258. The molecule has 1 aromatic rings. The number of carbonyl (C=O) groups is 2. The Balaban J connectivity index is 2.77. The summed E-state index contributed by atoms with van der Waals surface area (Å²) in [4.78, 5) is 25.5. The number of methoxy groups -OCH3 is 1. The van der Waals surface area contributed by atoms with Crippen LogP contribution in [0.1, 0.15) is 10.4 Å². The number of carbonyl (C=O) groups excluding carboxylic acids is 1. The summed E-state index contributed by atoms with van der Waals surface area (Å²) in [5.74, 6) is -1.30. The number of nitrogens with one attached hydrogen (secondary N) is 1. The molecule has 0 aliphatic heterocycles. The van der Waals surface area contributed by atoms with Crippen molar-refractivity contribution < 1.29 is 19.4 Å². The molecular formula is C9H10N2O4. The van der Waals surface area contributed by atoms with Crippen LogP contribution in [0.4, 0.5) is 0 Å². The average Bonchev–Trinajstić information content (AvgIpc) is 2.25. The molecule has 0 atom stereocenters. The third kappa shape index (κ3) is 2.94. The van der Waals surface area contributed by atoms with Crippen molar-refractivity contribution in [2.75, 3.05) is 13.7 Å². The molecule has 2 N–H and O–H groups in total. The number of aliphatic carboxylic acids is 1. The first kappa shape index (κ1) is 11.0. The second kappa shape index (κ2) is 4.94. The van der Waals surface area contributed by atoms with Gasteiger partial charge in [0.25, 0.3) is 5.91 Å². The van der Waals surface area contributed by atoms with E-state index in [9.17, 15) is 9.59 Å². The van der Waals surface area contributed by atoms with E-state index in [2.05, 4.69) is 10.3 Å². The van der Waals surface area contributed by atoms with Crippen molar-refractivity contribution in [1.29, 1.82) is 0 Å². The summed E-state index contributed by atoms with van der Waals surface area (Å²) in [6.45, 7) is -0.426. The normalized spacial score (nSPS) is 9.40. The molecule has 6 heteroatoms. The maximum Gasteiger partial charge on any atom is 0.322 e. The molecule has 0 bridgehead atoms. The van der Waals surface area contributed by atoms with Crippen LogP contribution in [-0.4, -0.2) is 35.6 Å². The second-order valence-corrected chi connectivity index (χ2v) is 2.65. The number of amides is 1. The molecule has 1 rings (SSSR count). The van der Waals surface area contributed by atoms with Gasteiger partial charge in [-0.2, -0.15) is 0 Å². The molecule has 80 valence electrons. The van der Waals surface area contributed by atoms with E-state index in [0.717, 1.165) is 0 Å². The molecule has 6 nitrogen and oxygen atoms in total. The monoisotopic (exact) mass is 210 g/mol. The number of pyridine rings is 1. The van der Waals surface area contributed by atoms with E-state index >= 15 is 0 Å². The predicted octanol–water partition coefficient (Wildman–Crippen LogP) is -0.0954. The molecule has 1 heterocycles. The highest BCUT2D eigenvalue weighted by Crippen LogP contribution is 2.14. The van der Waals surface area contributed by atoms with E-state index < -0.39 is 18.4 Å². The Morgan fingerprint density at radius 3 is 2.93 bits per heavy atom. The molecule has 1 aromatic heterocycles. The first-order chi connectivity index (χ1) is 7.15. The van der Waals surface area contributed by atoms with E-state index in [1.54, 1.807) is 0 Å². The van der Waals surface area contributed by atoms with Gasteiger partial charge >= 0.3 is 5.97 Å². The smallest absolute Gasteiger partial charge is 0.322 e. The van der Waals surface area contributed by atoms with Gasteiger partial charge < -0.3 is 15.2 Å². The lowest BCUT2D eigenvalue weighted by atomic mass is 10.2. The lowest BCUT2D eigenvalue weighted by molar-refractivity contribution is -0.135. The quantitative estimate of drug-likeness (QED) is 0.724. The van der Waals surface area contributed by atoms with Crippen LogP contribution >= 0.6 is 0 Å². The third-order valence-electron chi connectivity index (χ3n) is 1.65. The van der Waals surface area contributed by atoms with Gasteiger partial charge in [-0.05, 0) is 6.07 Å².